The third-order valence-corrected chi connectivity index (χ3v) is 4.82. The Hall–Kier alpha value is -1.19. The highest BCUT2D eigenvalue weighted by atomic mass is 35.5. The van der Waals surface area contributed by atoms with E-state index in [1.54, 1.807) is 6.08 Å². The Balaban J connectivity index is 2.25. The van der Waals surface area contributed by atoms with E-state index in [4.69, 9.17) is 51.1 Å². The molecule has 6 heteroatoms. The largest absolute Gasteiger partial charge is 0.422 e. The zero-order valence-corrected chi connectivity index (χ0v) is 13.3. The van der Waals surface area contributed by atoms with Crippen molar-refractivity contribution >= 4 is 64.2 Å². The average molecular weight is 360 g/mol. The van der Waals surface area contributed by atoms with Gasteiger partial charge in [-0.15, -0.1) is 0 Å². The summed E-state index contributed by atoms with van der Waals surface area (Å²) in [5.41, 5.74) is 1.36. The number of ether oxygens (including phenoxy) is 1. The zero-order valence-electron chi connectivity index (χ0n) is 10.3. The molecule has 106 valence electrons. The van der Waals surface area contributed by atoms with Crippen LogP contribution < -0.4 is 0 Å². The normalized spacial score (nSPS) is 15.2. The molecular formula is C15H6Cl4O2. The molecular weight excluding hydrogens is 354 g/mol. The molecule has 0 unspecified atom stereocenters. The van der Waals surface area contributed by atoms with Crippen molar-refractivity contribution in [2.45, 2.75) is 0 Å². The fourth-order valence-corrected chi connectivity index (χ4v) is 3.08. The van der Waals surface area contributed by atoms with E-state index in [9.17, 15) is 4.79 Å². The van der Waals surface area contributed by atoms with E-state index in [1.165, 1.54) is 0 Å². The summed E-state index contributed by atoms with van der Waals surface area (Å²) >= 11 is 24.3. The number of carbonyl (C=O) groups excluding carboxylic acids is 1. The van der Waals surface area contributed by atoms with Gasteiger partial charge in [0.15, 0.2) is 0 Å². The Morgan fingerprint density at radius 2 is 1.38 bits per heavy atom. The van der Waals surface area contributed by atoms with E-state index >= 15 is 0 Å². The lowest BCUT2D eigenvalue weighted by Crippen LogP contribution is -1.96. The number of carbonyl (C=O) groups is 1. The van der Waals surface area contributed by atoms with Crippen LogP contribution in [-0.2, 0) is 4.74 Å². The molecule has 0 aromatic heterocycles. The molecule has 1 aliphatic rings. The molecule has 2 aromatic rings. The summed E-state index contributed by atoms with van der Waals surface area (Å²) in [6.07, 6.45) is 1.69. The molecule has 0 fully saturated rings. The van der Waals surface area contributed by atoms with Crippen molar-refractivity contribution in [3.05, 3.63) is 67.1 Å². The van der Waals surface area contributed by atoms with Gasteiger partial charge < -0.3 is 4.74 Å². The minimum Gasteiger partial charge on any atom is -0.422 e. The first-order valence-corrected chi connectivity index (χ1v) is 7.37. The van der Waals surface area contributed by atoms with Gasteiger partial charge in [-0.1, -0.05) is 76.7 Å². The van der Waals surface area contributed by atoms with Crippen molar-refractivity contribution < 1.29 is 9.53 Å². The Bertz CT molecular complexity index is 782. The number of esters is 1. The van der Waals surface area contributed by atoms with E-state index in [0.717, 1.165) is 5.56 Å². The zero-order chi connectivity index (χ0) is 15.1. The van der Waals surface area contributed by atoms with Gasteiger partial charge in [0.05, 0.1) is 31.2 Å². The Labute approximate surface area is 140 Å². The van der Waals surface area contributed by atoms with Gasteiger partial charge in [-0.3, -0.25) is 0 Å². The van der Waals surface area contributed by atoms with Crippen molar-refractivity contribution in [1.82, 2.24) is 0 Å². The van der Waals surface area contributed by atoms with Gasteiger partial charge >= 0.3 is 5.97 Å². The molecule has 1 heterocycles. The van der Waals surface area contributed by atoms with Crippen LogP contribution in [0.3, 0.4) is 0 Å². The molecule has 0 atom stereocenters. The van der Waals surface area contributed by atoms with Crippen LogP contribution in [0.15, 0.2) is 30.3 Å². The summed E-state index contributed by atoms with van der Waals surface area (Å²) in [4.78, 5) is 12.0. The Kier molecular flexibility index (Phi) is 3.89. The van der Waals surface area contributed by atoms with Crippen molar-refractivity contribution in [2.75, 3.05) is 0 Å². The second-order valence-corrected chi connectivity index (χ2v) is 5.83. The lowest BCUT2D eigenvalue weighted by molar-refractivity contribution is 0.0717. The number of cyclic esters (lactones) is 1. The molecule has 0 saturated carbocycles. The molecule has 0 aliphatic carbocycles. The lowest BCUT2D eigenvalue weighted by atomic mass is 10.1. The molecule has 0 bridgehead atoms. The van der Waals surface area contributed by atoms with Crippen molar-refractivity contribution in [3.8, 4) is 0 Å². The number of hydrogen-bond donors (Lipinski definition) is 0. The van der Waals surface area contributed by atoms with Gasteiger partial charge in [0, 0.05) is 0 Å². The van der Waals surface area contributed by atoms with Crippen LogP contribution in [-0.4, -0.2) is 5.97 Å². The van der Waals surface area contributed by atoms with Crippen molar-refractivity contribution in [1.29, 1.82) is 0 Å². The summed E-state index contributed by atoms with van der Waals surface area (Å²) in [6, 6.07) is 9.36. The van der Waals surface area contributed by atoms with Crippen LogP contribution in [0.25, 0.3) is 11.8 Å². The maximum absolute atomic E-state index is 12.0. The molecule has 0 amide bonds. The first-order chi connectivity index (χ1) is 10.0. The van der Waals surface area contributed by atoms with E-state index < -0.39 is 5.97 Å². The van der Waals surface area contributed by atoms with Gasteiger partial charge in [-0.05, 0) is 11.6 Å². The summed E-state index contributed by atoms with van der Waals surface area (Å²) in [5.74, 6) is -0.302. The van der Waals surface area contributed by atoms with Crippen LogP contribution >= 0.6 is 46.4 Å². The fourth-order valence-electron chi connectivity index (χ4n) is 2.06. The summed E-state index contributed by atoms with van der Waals surface area (Å²) in [6.45, 7) is 0. The van der Waals surface area contributed by atoms with E-state index in [2.05, 4.69) is 0 Å². The average Bonchev–Trinajstić information content (AvgIpc) is 2.80. The predicted octanol–water partition coefficient (Wildman–Crippen LogP) is 5.97. The number of rotatable bonds is 1. The minimum absolute atomic E-state index is 0.0417. The molecule has 21 heavy (non-hydrogen) atoms. The SMILES string of the molecule is O=C1OC(=Cc2ccccc2)c2c(Cl)c(Cl)c(Cl)c(Cl)c21. The van der Waals surface area contributed by atoms with Crippen LogP contribution in [0.1, 0.15) is 21.5 Å². The smallest absolute Gasteiger partial charge is 0.345 e. The van der Waals surface area contributed by atoms with Crippen molar-refractivity contribution in [2.24, 2.45) is 0 Å². The van der Waals surface area contributed by atoms with Gasteiger partial charge in [-0.2, -0.15) is 0 Å². The standard InChI is InChI=1S/C15H6Cl4O2/c16-11-9-8(6-7-4-2-1-3-5-7)21-15(20)10(9)12(17)14(19)13(11)18/h1-6H. The van der Waals surface area contributed by atoms with E-state index in [1.807, 2.05) is 30.3 Å². The molecule has 2 nitrogen and oxygen atoms in total. The first-order valence-electron chi connectivity index (χ1n) is 5.86. The fraction of sp³-hybridized carbons (Fsp3) is 0. The summed E-state index contributed by atoms with van der Waals surface area (Å²) in [7, 11) is 0. The quantitative estimate of drug-likeness (QED) is 0.356. The van der Waals surface area contributed by atoms with Gasteiger partial charge in [0.1, 0.15) is 5.76 Å². The van der Waals surface area contributed by atoms with Crippen molar-refractivity contribution in [3.63, 3.8) is 0 Å². The molecule has 0 saturated heterocycles. The summed E-state index contributed by atoms with van der Waals surface area (Å²) < 4.78 is 5.24. The number of benzene rings is 2. The van der Waals surface area contributed by atoms with Gasteiger partial charge in [0.2, 0.25) is 0 Å². The van der Waals surface area contributed by atoms with Gasteiger partial charge in [0.25, 0.3) is 0 Å². The molecule has 0 N–H and O–H groups in total. The van der Waals surface area contributed by atoms with E-state index in [0.29, 0.717) is 11.3 Å². The van der Waals surface area contributed by atoms with Gasteiger partial charge in [-0.25, -0.2) is 4.79 Å². The molecule has 3 rings (SSSR count). The monoisotopic (exact) mass is 358 g/mol. The third kappa shape index (κ3) is 2.43. The molecule has 0 spiro atoms. The Morgan fingerprint density at radius 1 is 0.810 bits per heavy atom. The summed E-state index contributed by atoms with van der Waals surface area (Å²) in [5, 5.41) is 0.330. The molecule has 0 radical (unpaired) electrons. The highest BCUT2D eigenvalue weighted by molar-refractivity contribution is 6.53. The first kappa shape index (κ1) is 14.7. The lowest BCUT2D eigenvalue weighted by Gasteiger charge is -2.07. The second-order valence-electron chi connectivity index (χ2n) is 4.31. The minimum atomic E-state index is -0.599. The highest BCUT2D eigenvalue weighted by Gasteiger charge is 2.35. The Morgan fingerprint density at radius 3 is 2.00 bits per heavy atom. The second kappa shape index (κ2) is 5.54. The van der Waals surface area contributed by atoms with E-state index in [-0.39, 0.29) is 25.7 Å². The van der Waals surface area contributed by atoms with Crippen LogP contribution in [0.5, 0.6) is 0 Å². The topological polar surface area (TPSA) is 26.3 Å². The third-order valence-electron chi connectivity index (χ3n) is 3.02. The number of hydrogen-bond acceptors (Lipinski definition) is 2. The number of fused-ring (bicyclic) bond motifs is 1. The maximum Gasteiger partial charge on any atom is 0.345 e. The highest BCUT2D eigenvalue weighted by Crippen LogP contribution is 2.47. The van der Waals surface area contributed by atoms with Crippen LogP contribution in [0.4, 0.5) is 0 Å². The number of halogens is 4. The van der Waals surface area contributed by atoms with Crippen LogP contribution in [0, 0.1) is 0 Å². The molecule has 2 aromatic carbocycles. The molecule has 1 aliphatic heterocycles. The van der Waals surface area contributed by atoms with Crippen LogP contribution in [0.2, 0.25) is 20.1 Å². The predicted molar refractivity (Wildman–Crippen MR) is 86.2 cm³/mol. The maximum atomic E-state index is 12.0.